The summed E-state index contributed by atoms with van der Waals surface area (Å²) >= 11 is 1.39. The van der Waals surface area contributed by atoms with Crippen LogP contribution < -0.4 is 16.9 Å². The van der Waals surface area contributed by atoms with Gasteiger partial charge < -0.3 is 4.74 Å². The molecule has 1 saturated carbocycles. The highest BCUT2D eigenvalue weighted by Gasteiger charge is 2.43. The van der Waals surface area contributed by atoms with E-state index in [1.54, 1.807) is 4.57 Å². The number of hydrogen-bond donors (Lipinski definition) is 1. The van der Waals surface area contributed by atoms with Crippen LogP contribution in [0.25, 0.3) is 10.2 Å². The van der Waals surface area contributed by atoms with Crippen molar-refractivity contribution in [2.24, 2.45) is 0 Å². The average molecular weight is 417 g/mol. The molecule has 1 saturated heterocycles. The number of aromatic amines is 1. The highest BCUT2D eigenvalue weighted by atomic mass is 32.1. The number of nitrogens with zero attached hydrogens (tertiary/aromatic N) is 4. The van der Waals surface area contributed by atoms with E-state index in [2.05, 4.69) is 10.1 Å². The summed E-state index contributed by atoms with van der Waals surface area (Å²) in [6.07, 6.45) is 4.87. The largest absolute Gasteiger partial charge is 0.376 e. The summed E-state index contributed by atoms with van der Waals surface area (Å²) in [7, 11) is 0. The van der Waals surface area contributed by atoms with Crippen LogP contribution in [0, 0.1) is 6.92 Å². The van der Waals surface area contributed by atoms with E-state index in [-0.39, 0.29) is 29.6 Å². The summed E-state index contributed by atoms with van der Waals surface area (Å²) < 4.78 is 10.2. The third kappa shape index (κ3) is 2.93. The van der Waals surface area contributed by atoms with Crippen molar-refractivity contribution in [3.05, 3.63) is 48.1 Å². The number of ether oxygens (including phenoxy) is 1. The van der Waals surface area contributed by atoms with E-state index in [4.69, 9.17) is 4.74 Å². The number of nitrogens with one attached hydrogen (secondary N) is 1. The van der Waals surface area contributed by atoms with Crippen molar-refractivity contribution < 1.29 is 4.74 Å². The van der Waals surface area contributed by atoms with Crippen LogP contribution >= 0.6 is 11.3 Å². The number of rotatable bonds is 5. The van der Waals surface area contributed by atoms with Gasteiger partial charge in [0.1, 0.15) is 11.2 Å². The number of H-pyrrole nitrogens is 1. The van der Waals surface area contributed by atoms with Gasteiger partial charge in [-0.2, -0.15) is 5.10 Å². The first-order valence-corrected chi connectivity index (χ1v) is 10.7. The molecule has 154 valence electrons. The van der Waals surface area contributed by atoms with Crippen LogP contribution in [0.5, 0.6) is 0 Å². The Labute approximate surface area is 169 Å². The van der Waals surface area contributed by atoms with Gasteiger partial charge in [0.15, 0.2) is 0 Å². The Bertz CT molecular complexity index is 1270. The quantitative estimate of drug-likeness (QED) is 0.671. The Hall–Kier alpha value is -2.46. The molecule has 9 nitrogen and oxygen atoms in total. The van der Waals surface area contributed by atoms with Gasteiger partial charge >= 0.3 is 11.4 Å². The maximum Gasteiger partial charge on any atom is 0.343 e. The Morgan fingerprint density at radius 2 is 2.14 bits per heavy atom. The number of thiophene rings is 1. The van der Waals surface area contributed by atoms with Gasteiger partial charge in [-0.25, -0.2) is 14.3 Å². The first kappa shape index (κ1) is 18.6. The van der Waals surface area contributed by atoms with Crippen LogP contribution in [-0.4, -0.2) is 36.6 Å². The molecule has 1 aliphatic carbocycles. The van der Waals surface area contributed by atoms with E-state index >= 15 is 0 Å². The topological polar surface area (TPSA) is 104 Å². The number of aromatic nitrogens is 5. The predicted octanol–water partition coefficient (Wildman–Crippen LogP) is 1.15. The Morgan fingerprint density at radius 3 is 2.76 bits per heavy atom. The van der Waals surface area contributed by atoms with Gasteiger partial charge in [-0.1, -0.05) is 0 Å². The summed E-state index contributed by atoms with van der Waals surface area (Å²) in [5, 5.41) is 4.59. The van der Waals surface area contributed by atoms with Gasteiger partial charge in [0.25, 0.3) is 5.56 Å². The van der Waals surface area contributed by atoms with Gasteiger partial charge in [-0.3, -0.25) is 18.9 Å². The molecule has 2 aliphatic rings. The molecule has 0 aromatic carbocycles. The first-order chi connectivity index (χ1) is 13.9. The van der Waals surface area contributed by atoms with Crippen molar-refractivity contribution in [2.75, 3.05) is 6.61 Å². The van der Waals surface area contributed by atoms with Gasteiger partial charge in [0, 0.05) is 11.5 Å². The van der Waals surface area contributed by atoms with E-state index in [0.29, 0.717) is 23.4 Å². The van der Waals surface area contributed by atoms with Crippen LogP contribution in [0.15, 0.2) is 20.7 Å². The highest BCUT2D eigenvalue weighted by Crippen LogP contribution is 2.41. The van der Waals surface area contributed by atoms with Crippen LogP contribution in [-0.2, 0) is 23.4 Å². The SMILES string of the molecule is Cc1c(Cn2nc[nH]c2=O)sc2c1c(=O)n(C1(C)CC1)c(=O)n2C[C@H]1CCCO1. The summed E-state index contributed by atoms with van der Waals surface area (Å²) in [4.78, 5) is 42.6. The standard InChI is InChI=1S/C19H23N5O4S/c1-11-13(9-23-17(26)20-10-21-23)29-16-14(11)15(25)24(19(2)5-6-19)18(27)22(16)8-12-4-3-7-28-12/h10,12H,3-9H2,1-2H3,(H,20,21,26)/t12-/m1/s1. The van der Waals surface area contributed by atoms with Crippen LogP contribution in [0.4, 0.5) is 0 Å². The second kappa shape index (κ2) is 6.53. The Balaban J connectivity index is 1.73. The maximum atomic E-state index is 13.4. The summed E-state index contributed by atoms with van der Waals surface area (Å²) in [6, 6.07) is 0. The molecule has 0 radical (unpaired) electrons. The van der Waals surface area contributed by atoms with Gasteiger partial charge in [0.2, 0.25) is 0 Å². The van der Waals surface area contributed by atoms with E-state index in [9.17, 15) is 14.4 Å². The second-order valence-electron chi connectivity index (χ2n) is 8.25. The van der Waals surface area contributed by atoms with Crippen molar-refractivity contribution in [1.29, 1.82) is 0 Å². The normalized spacial score (nSPS) is 20.6. The van der Waals surface area contributed by atoms with Gasteiger partial charge in [-0.15, -0.1) is 11.3 Å². The molecular weight excluding hydrogens is 394 g/mol. The molecule has 5 rings (SSSR count). The van der Waals surface area contributed by atoms with Crippen molar-refractivity contribution in [3.8, 4) is 0 Å². The van der Waals surface area contributed by atoms with Crippen LogP contribution in [0.3, 0.4) is 0 Å². The third-order valence-corrected chi connectivity index (χ3v) is 7.45. The molecule has 29 heavy (non-hydrogen) atoms. The van der Waals surface area contributed by atoms with E-state index in [0.717, 1.165) is 36.1 Å². The zero-order chi connectivity index (χ0) is 20.3. The molecule has 0 amide bonds. The van der Waals surface area contributed by atoms with Gasteiger partial charge in [0.05, 0.1) is 30.1 Å². The maximum absolute atomic E-state index is 13.4. The fourth-order valence-corrected chi connectivity index (χ4v) is 5.39. The Morgan fingerprint density at radius 1 is 1.34 bits per heavy atom. The van der Waals surface area contributed by atoms with Crippen molar-refractivity contribution >= 4 is 21.6 Å². The molecule has 0 spiro atoms. The van der Waals surface area contributed by atoms with Crippen molar-refractivity contribution in [1.82, 2.24) is 23.9 Å². The molecule has 1 atom stereocenters. The second-order valence-corrected chi connectivity index (χ2v) is 9.33. The molecule has 1 aliphatic heterocycles. The smallest absolute Gasteiger partial charge is 0.343 e. The zero-order valence-corrected chi connectivity index (χ0v) is 17.3. The minimum Gasteiger partial charge on any atom is -0.376 e. The number of hydrogen-bond acceptors (Lipinski definition) is 6. The van der Waals surface area contributed by atoms with Crippen molar-refractivity contribution in [2.45, 2.75) is 64.3 Å². The van der Waals surface area contributed by atoms with Gasteiger partial charge in [-0.05, 0) is 45.1 Å². The molecule has 3 aromatic heterocycles. The lowest BCUT2D eigenvalue weighted by Crippen LogP contribution is -2.45. The first-order valence-electron chi connectivity index (χ1n) is 9.89. The average Bonchev–Trinajstić information content (AvgIpc) is 3.06. The summed E-state index contributed by atoms with van der Waals surface area (Å²) in [6.45, 7) is 5.25. The molecule has 2 fully saturated rings. The third-order valence-electron chi connectivity index (χ3n) is 6.15. The van der Waals surface area contributed by atoms with E-state index < -0.39 is 5.54 Å². The molecule has 10 heteroatoms. The van der Waals surface area contributed by atoms with E-state index in [1.807, 2.05) is 13.8 Å². The highest BCUT2D eigenvalue weighted by molar-refractivity contribution is 7.18. The zero-order valence-electron chi connectivity index (χ0n) is 16.4. The summed E-state index contributed by atoms with van der Waals surface area (Å²) in [5.41, 5.74) is -0.398. The summed E-state index contributed by atoms with van der Waals surface area (Å²) in [5.74, 6) is 0. The monoisotopic (exact) mass is 417 g/mol. The lowest BCUT2D eigenvalue weighted by atomic mass is 10.2. The number of aryl methyl sites for hydroxylation is 1. The molecule has 0 unspecified atom stereocenters. The lowest BCUT2D eigenvalue weighted by Gasteiger charge is -2.18. The van der Waals surface area contributed by atoms with Crippen LogP contribution in [0.1, 0.15) is 43.0 Å². The Kier molecular flexibility index (Phi) is 4.18. The van der Waals surface area contributed by atoms with E-state index in [1.165, 1.54) is 26.9 Å². The van der Waals surface area contributed by atoms with Crippen LogP contribution in [0.2, 0.25) is 0 Å². The fourth-order valence-electron chi connectivity index (χ4n) is 4.11. The molecule has 4 heterocycles. The molecule has 0 bridgehead atoms. The van der Waals surface area contributed by atoms with Crippen molar-refractivity contribution in [3.63, 3.8) is 0 Å². The minimum absolute atomic E-state index is 0.0197. The minimum atomic E-state index is -0.408. The predicted molar refractivity (Wildman–Crippen MR) is 109 cm³/mol. The lowest BCUT2D eigenvalue weighted by molar-refractivity contribution is 0.0964. The fraction of sp³-hybridized carbons (Fsp3) is 0.579. The molecular formula is C19H23N5O4S. The molecule has 3 aromatic rings. The molecule has 1 N–H and O–H groups in total. The number of fused-ring (bicyclic) bond motifs is 1.